The van der Waals surface area contributed by atoms with E-state index in [1.54, 1.807) is 0 Å². The number of halogens is 3. The Bertz CT molecular complexity index is 1120. The van der Waals surface area contributed by atoms with Crippen molar-refractivity contribution in [2.45, 2.75) is 28.5 Å². The van der Waals surface area contributed by atoms with Crippen molar-refractivity contribution in [1.82, 2.24) is 10.2 Å². The predicted molar refractivity (Wildman–Crippen MR) is 112 cm³/mol. The molecule has 2 N–H and O–H groups in total. The molecule has 10 heteroatoms. The number of nitrogens with one attached hydrogen (secondary N) is 1. The van der Waals surface area contributed by atoms with Crippen LogP contribution in [0, 0.1) is 17.8 Å². The molecule has 1 aromatic rings. The van der Waals surface area contributed by atoms with Crippen LogP contribution in [-0.2, 0) is 19.2 Å². The quantitative estimate of drug-likeness (QED) is 0.362. The number of aromatic hydroxyl groups is 1. The molecule has 0 aromatic heterocycles. The van der Waals surface area contributed by atoms with Crippen molar-refractivity contribution in [2.24, 2.45) is 17.8 Å². The van der Waals surface area contributed by atoms with Gasteiger partial charge in [-0.15, -0.1) is 23.2 Å². The number of carbonyl (C=O) groups excluding carboxylic acids is 4. The standard InChI is InChI=1S/C21H17Cl3N2O5/c1-26-18(30)20(23)7-12-9(4-5-11-14(12)17(29)25-16(11)28)15(21(20,24)19(26)31)10-3-2-8(27)6-13(10)22/h2-4,6,11-12,14-15,27H,5,7H2,1H3,(H,25,28,29)/t11-,12+,14-,15+,20+,21-/m0/s1. The molecule has 0 spiro atoms. The van der Waals surface area contributed by atoms with Gasteiger partial charge in [0.15, 0.2) is 9.75 Å². The Balaban J connectivity index is 1.78. The van der Waals surface area contributed by atoms with E-state index in [-0.39, 0.29) is 23.1 Å². The van der Waals surface area contributed by atoms with E-state index < -0.39 is 51.1 Å². The van der Waals surface area contributed by atoms with Crippen LogP contribution in [-0.4, -0.2) is 50.4 Å². The van der Waals surface area contributed by atoms with E-state index in [1.165, 1.54) is 25.2 Å². The Kier molecular flexibility index (Phi) is 4.34. The first kappa shape index (κ1) is 20.8. The second kappa shape index (κ2) is 6.47. The van der Waals surface area contributed by atoms with Gasteiger partial charge in [-0.1, -0.05) is 29.3 Å². The average Bonchev–Trinajstić information content (AvgIpc) is 3.07. The number of allylic oxidation sites excluding steroid dienone is 2. The zero-order valence-electron chi connectivity index (χ0n) is 16.2. The first-order chi connectivity index (χ1) is 14.5. The molecule has 31 heavy (non-hydrogen) atoms. The molecule has 162 valence electrons. The summed E-state index contributed by atoms with van der Waals surface area (Å²) in [5.74, 6) is -4.95. The largest absolute Gasteiger partial charge is 0.508 e. The molecule has 6 atom stereocenters. The number of rotatable bonds is 1. The number of benzene rings is 1. The minimum Gasteiger partial charge on any atom is -0.508 e. The van der Waals surface area contributed by atoms with Crippen LogP contribution in [0.1, 0.15) is 24.3 Å². The lowest BCUT2D eigenvalue weighted by Crippen LogP contribution is -2.60. The van der Waals surface area contributed by atoms with Crippen LogP contribution in [0.2, 0.25) is 5.02 Å². The van der Waals surface area contributed by atoms with Crippen molar-refractivity contribution in [3.63, 3.8) is 0 Å². The number of hydrogen-bond acceptors (Lipinski definition) is 5. The number of phenolic OH excluding ortho intramolecular Hbond substituents is 1. The van der Waals surface area contributed by atoms with Crippen LogP contribution < -0.4 is 5.32 Å². The lowest BCUT2D eigenvalue weighted by molar-refractivity contribution is -0.138. The van der Waals surface area contributed by atoms with E-state index in [1.807, 2.05) is 6.08 Å². The Labute approximate surface area is 192 Å². The summed E-state index contributed by atoms with van der Waals surface area (Å²) in [7, 11) is 1.32. The van der Waals surface area contributed by atoms with E-state index in [9.17, 15) is 24.3 Å². The van der Waals surface area contributed by atoms with Gasteiger partial charge in [0.05, 0.1) is 11.8 Å². The third-order valence-corrected chi connectivity index (χ3v) is 8.89. The maximum Gasteiger partial charge on any atom is 0.253 e. The molecular weight excluding hydrogens is 467 g/mol. The number of amides is 4. The third kappa shape index (κ3) is 2.42. The normalized spacial score (nSPS) is 39.1. The number of nitrogens with zero attached hydrogens (tertiary/aromatic N) is 1. The number of carbonyl (C=O) groups is 4. The molecule has 0 radical (unpaired) electrons. The minimum absolute atomic E-state index is 0.0626. The Morgan fingerprint density at radius 1 is 1.10 bits per heavy atom. The molecule has 2 saturated heterocycles. The molecule has 5 rings (SSSR count). The molecule has 2 aliphatic carbocycles. The fraction of sp³-hybridized carbons (Fsp3) is 0.429. The molecule has 2 aliphatic heterocycles. The molecule has 4 aliphatic rings. The van der Waals surface area contributed by atoms with E-state index in [0.717, 1.165) is 4.90 Å². The van der Waals surface area contributed by atoms with Crippen LogP contribution in [0.3, 0.4) is 0 Å². The smallest absolute Gasteiger partial charge is 0.253 e. The molecule has 1 aromatic carbocycles. The zero-order chi connectivity index (χ0) is 22.5. The number of fused-ring (bicyclic) bond motifs is 4. The van der Waals surface area contributed by atoms with Crippen LogP contribution in [0.4, 0.5) is 0 Å². The molecule has 7 nitrogen and oxygen atoms in total. The minimum atomic E-state index is -1.88. The van der Waals surface area contributed by atoms with Crippen molar-refractivity contribution < 1.29 is 24.3 Å². The second-order valence-electron chi connectivity index (χ2n) is 8.56. The molecule has 0 unspecified atom stereocenters. The summed E-state index contributed by atoms with van der Waals surface area (Å²) >= 11 is 20.4. The summed E-state index contributed by atoms with van der Waals surface area (Å²) in [6.45, 7) is 0. The molecule has 4 amide bonds. The van der Waals surface area contributed by atoms with E-state index in [2.05, 4.69) is 5.32 Å². The number of hydrogen-bond donors (Lipinski definition) is 2. The highest BCUT2D eigenvalue weighted by molar-refractivity contribution is 6.53. The maximum atomic E-state index is 13.3. The van der Waals surface area contributed by atoms with Crippen LogP contribution >= 0.6 is 34.8 Å². The lowest BCUT2D eigenvalue weighted by Gasteiger charge is -2.51. The monoisotopic (exact) mass is 482 g/mol. The van der Waals surface area contributed by atoms with Gasteiger partial charge in [-0.2, -0.15) is 0 Å². The maximum absolute atomic E-state index is 13.3. The molecule has 3 fully saturated rings. The molecular formula is C21H17Cl3N2O5. The summed E-state index contributed by atoms with van der Waals surface area (Å²) in [5.41, 5.74) is 1.07. The van der Waals surface area contributed by atoms with Gasteiger partial charge in [-0.25, -0.2) is 0 Å². The average molecular weight is 484 g/mol. The van der Waals surface area contributed by atoms with Gasteiger partial charge < -0.3 is 5.11 Å². The van der Waals surface area contributed by atoms with Gasteiger partial charge in [0.1, 0.15) is 5.75 Å². The van der Waals surface area contributed by atoms with Crippen molar-refractivity contribution in [2.75, 3.05) is 7.05 Å². The van der Waals surface area contributed by atoms with E-state index in [0.29, 0.717) is 17.6 Å². The summed E-state index contributed by atoms with van der Waals surface area (Å²) in [4.78, 5) is 48.6. The van der Waals surface area contributed by atoms with Crippen LogP contribution in [0.25, 0.3) is 0 Å². The first-order valence-electron chi connectivity index (χ1n) is 9.76. The second-order valence-corrected chi connectivity index (χ2v) is 10.2. The lowest BCUT2D eigenvalue weighted by atomic mass is 9.56. The predicted octanol–water partition coefficient (Wildman–Crippen LogP) is 2.32. The van der Waals surface area contributed by atoms with Crippen molar-refractivity contribution in [3.05, 3.63) is 40.4 Å². The number of imide groups is 2. The zero-order valence-corrected chi connectivity index (χ0v) is 18.5. The van der Waals surface area contributed by atoms with Gasteiger partial charge in [-0.3, -0.25) is 29.4 Å². The van der Waals surface area contributed by atoms with Gasteiger partial charge >= 0.3 is 0 Å². The Hall–Kier alpha value is -2.09. The van der Waals surface area contributed by atoms with Crippen molar-refractivity contribution in [1.29, 1.82) is 0 Å². The third-order valence-electron chi connectivity index (χ3n) is 7.15. The van der Waals surface area contributed by atoms with Gasteiger partial charge in [-0.05, 0) is 36.5 Å². The van der Waals surface area contributed by atoms with Gasteiger partial charge in [0.2, 0.25) is 11.8 Å². The summed E-state index contributed by atoms with van der Waals surface area (Å²) in [6.07, 6.45) is 2.04. The highest BCUT2D eigenvalue weighted by Gasteiger charge is 2.75. The van der Waals surface area contributed by atoms with Crippen LogP contribution in [0.5, 0.6) is 5.75 Å². The fourth-order valence-electron chi connectivity index (χ4n) is 5.75. The molecule has 2 heterocycles. The van der Waals surface area contributed by atoms with Gasteiger partial charge in [0, 0.05) is 18.0 Å². The Morgan fingerprint density at radius 2 is 1.81 bits per heavy atom. The summed E-state index contributed by atoms with van der Waals surface area (Å²) < 4.78 is 0. The van der Waals surface area contributed by atoms with Crippen LogP contribution in [0.15, 0.2) is 29.8 Å². The highest BCUT2D eigenvalue weighted by atomic mass is 35.5. The number of likely N-dealkylation sites (tertiary alicyclic amines) is 1. The van der Waals surface area contributed by atoms with Gasteiger partial charge in [0.25, 0.3) is 11.8 Å². The number of alkyl halides is 2. The SMILES string of the molecule is CN1C(=O)[C@]2(Cl)C[C@@H]3C(=CC[C@@H]4C(=O)NC(=O)[C@@H]43)[C@H](c3ccc(O)cc3Cl)[C@]2(Cl)C1=O. The number of phenols is 1. The first-order valence-corrected chi connectivity index (χ1v) is 10.9. The summed E-state index contributed by atoms with van der Waals surface area (Å²) in [5, 5.41) is 12.3. The molecule has 0 bridgehead atoms. The molecule has 1 saturated carbocycles. The van der Waals surface area contributed by atoms with E-state index >= 15 is 0 Å². The van der Waals surface area contributed by atoms with Crippen molar-refractivity contribution >= 4 is 58.4 Å². The fourth-order valence-corrected chi connectivity index (χ4v) is 7.05. The summed E-state index contributed by atoms with van der Waals surface area (Å²) in [6, 6.07) is 4.26. The Morgan fingerprint density at radius 3 is 2.48 bits per heavy atom. The topological polar surface area (TPSA) is 104 Å². The van der Waals surface area contributed by atoms with E-state index in [4.69, 9.17) is 34.8 Å². The van der Waals surface area contributed by atoms with Crippen molar-refractivity contribution in [3.8, 4) is 5.75 Å². The highest BCUT2D eigenvalue weighted by Crippen LogP contribution is 2.65.